The Morgan fingerprint density at radius 2 is 1.40 bits per heavy atom. The van der Waals surface area contributed by atoms with E-state index in [0.29, 0.717) is 0 Å². The highest BCUT2D eigenvalue weighted by Crippen LogP contribution is 2.36. The van der Waals surface area contributed by atoms with E-state index in [2.05, 4.69) is 72.0 Å². The predicted octanol–water partition coefficient (Wildman–Crippen LogP) is 6.19. The molecule has 0 atom stereocenters. The van der Waals surface area contributed by atoms with Crippen LogP contribution >= 0.6 is 11.3 Å². The Morgan fingerprint density at radius 1 is 0.900 bits per heavy atom. The second kappa shape index (κ2) is 5.00. The van der Waals surface area contributed by atoms with E-state index < -0.39 is 0 Å². The van der Waals surface area contributed by atoms with Gasteiger partial charge in [-0.25, -0.2) is 4.42 Å². The first-order valence-electron chi connectivity index (χ1n) is 7.12. The molecule has 0 N–H and O–H groups in total. The quantitative estimate of drug-likeness (QED) is 0.569. The SMILES string of the molecule is Cc1ccsc1-c1cc(C(C)(C)C)[o+]c(C(C)(C)C)c1. The first-order chi connectivity index (χ1) is 9.09. The van der Waals surface area contributed by atoms with E-state index in [1.807, 2.05) is 0 Å². The summed E-state index contributed by atoms with van der Waals surface area (Å²) in [6.07, 6.45) is 0. The minimum Gasteiger partial charge on any atom is -0.217 e. The summed E-state index contributed by atoms with van der Waals surface area (Å²) in [5.41, 5.74) is 2.64. The molecule has 0 amide bonds. The Morgan fingerprint density at radius 3 is 1.75 bits per heavy atom. The van der Waals surface area contributed by atoms with Crippen molar-refractivity contribution in [3.8, 4) is 10.4 Å². The number of hydrogen-bond donors (Lipinski definition) is 0. The predicted molar refractivity (Wildman–Crippen MR) is 88.6 cm³/mol. The van der Waals surface area contributed by atoms with E-state index >= 15 is 0 Å². The fourth-order valence-corrected chi connectivity index (χ4v) is 2.96. The molecule has 0 fully saturated rings. The highest BCUT2D eigenvalue weighted by atomic mass is 32.1. The Labute approximate surface area is 126 Å². The van der Waals surface area contributed by atoms with Crippen molar-refractivity contribution in [2.45, 2.75) is 59.3 Å². The summed E-state index contributed by atoms with van der Waals surface area (Å²) < 4.78 is 6.19. The average Bonchev–Trinajstić information content (AvgIpc) is 2.72. The van der Waals surface area contributed by atoms with E-state index in [4.69, 9.17) is 4.42 Å². The molecule has 0 aliphatic carbocycles. The van der Waals surface area contributed by atoms with E-state index in [9.17, 15) is 0 Å². The van der Waals surface area contributed by atoms with Crippen LogP contribution in [-0.2, 0) is 10.8 Å². The molecule has 2 aromatic rings. The van der Waals surface area contributed by atoms with Gasteiger partial charge in [0.25, 0.3) is 0 Å². The van der Waals surface area contributed by atoms with Crippen molar-refractivity contribution >= 4 is 11.3 Å². The molecule has 0 radical (unpaired) electrons. The highest BCUT2D eigenvalue weighted by Gasteiger charge is 2.34. The molecule has 0 saturated carbocycles. The van der Waals surface area contributed by atoms with Crippen molar-refractivity contribution in [1.29, 1.82) is 0 Å². The van der Waals surface area contributed by atoms with Crippen LogP contribution in [0.3, 0.4) is 0 Å². The molecule has 2 rings (SSSR count). The smallest absolute Gasteiger partial charge is 0.217 e. The molecule has 0 aliphatic rings. The zero-order valence-electron chi connectivity index (χ0n) is 13.6. The van der Waals surface area contributed by atoms with Gasteiger partial charge in [0.1, 0.15) is 0 Å². The monoisotopic (exact) mass is 289 g/mol. The lowest BCUT2D eigenvalue weighted by molar-refractivity contribution is 0.329. The summed E-state index contributed by atoms with van der Waals surface area (Å²) >= 11 is 1.80. The van der Waals surface area contributed by atoms with Crippen LogP contribution in [0.2, 0.25) is 0 Å². The molecule has 0 spiro atoms. The second-order valence-electron chi connectivity index (χ2n) is 7.51. The Hall–Kier alpha value is -1.15. The van der Waals surface area contributed by atoms with Crippen LogP contribution < -0.4 is 0 Å². The minimum atomic E-state index is 0.0151. The maximum Gasteiger partial charge on any atom is 0.335 e. The molecule has 0 aliphatic heterocycles. The van der Waals surface area contributed by atoms with Crippen LogP contribution in [0.5, 0.6) is 0 Å². The maximum atomic E-state index is 6.19. The summed E-state index contributed by atoms with van der Waals surface area (Å²) in [4.78, 5) is 1.34. The third kappa shape index (κ3) is 3.12. The molecule has 0 bridgehead atoms. The Kier molecular flexibility index (Phi) is 3.81. The van der Waals surface area contributed by atoms with Crippen LogP contribution in [0.15, 0.2) is 28.0 Å². The molecule has 1 nitrogen and oxygen atoms in total. The lowest BCUT2D eigenvalue weighted by atomic mass is 9.88. The van der Waals surface area contributed by atoms with Gasteiger partial charge in [-0.1, -0.05) is 0 Å². The van der Waals surface area contributed by atoms with Crippen molar-refractivity contribution in [2.24, 2.45) is 0 Å². The van der Waals surface area contributed by atoms with Gasteiger partial charge in [-0.3, -0.25) is 0 Å². The van der Waals surface area contributed by atoms with Gasteiger partial charge in [-0.2, -0.15) is 0 Å². The van der Waals surface area contributed by atoms with E-state index in [0.717, 1.165) is 11.5 Å². The normalized spacial score (nSPS) is 12.8. The van der Waals surface area contributed by atoms with Gasteiger partial charge in [-0.05, 0) is 65.5 Å². The van der Waals surface area contributed by atoms with E-state index in [1.54, 1.807) is 11.3 Å². The molecule has 2 heterocycles. The van der Waals surface area contributed by atoms with Gasteiger partial charge in [0.15, 0.2) is 0 Å². The number of thiophene rings is 1. The van der Waals surface area contributed by atoms with Crippen LogP contribution in [-0.4, -0.2) is 0 Å². The summed E-state index contributed by atoms with van der Waals surface area (Å²) in [5.74, 6) is 2.10. The van der Waals surface area contributed by atoms with Crippen LogP contribution in [0, 0.1) is 6.92 Å². The second-order valence-corrected chi connectivity index (χ2v) is 8.42. The van der Waals surface area contributed by atoms with Gasteiger partial charge >= 0.3 is 11.5 Å². The maximum absolute atomic E-state index is 6.19. The third-order valence-electron chi connectivity index (χ3n) is 3.40. The topological polar surface area (TPSA) is 11.3 Å². The molecule has 0 unspecified atom stereocenters. The van der Waals surface area contributed by atoms with Gasteiger partial charge in [0.05, 0.1) is 10.8 Å². The standard InChI is InChI=1S/C18H25OS/c1-12-8-9-20-16(12)13-10-14(17(2,3)4)19-15(11-13)18(5,6)7/h8-11H,1-7H3/q+1. The molecule has 20 heavy (non-hydrogen) atoms. The van der Waals surface area contributed by atoms with Crippen LogP contribution in [0.25, 0.3) is 10.4 Å². The van der Waals surface area contributed by atoms with Crippen molar-refractivity contribution in [1.82, 2.24) is 0 Å². The van der Waals surface area contributed by atoms with Crippen molar-refractivity contribution in [3.05, 3.63) is 40.7 Å². The van der Waals surface area contributed by atoms with Crippen molar-refractivity contribution in [3.63, 3.8) is 0 Å². The first kappa shape index (κ1) is 15.2. The average molecular weight is 289 g/mol. The largest absolute Gasteiger partial charge is 0.335 e. The summed E-state index contributed by atoms with van der Waals surface area (Å²) in [5, 5.41) is 2.16. The molecular formula is C18H25OS+. The highest BCUT2D eigenvalue weighted by molar-refractivity contribution is 7.13. The lowest BCUT2D eigenvalue weighted by Crippen LogP contribution is -2.16. The van der Waals surface area contributed by atoms with Crippen molar-refractivity contribution in [2.75, 3.05) is 0 Å². The molecule has 2 heteroatoms. The Balaban J connectivity index is 2.67. The number of rotatable bonds is 1. The molecule has 108 valence electrons. The molecule has 0 aromatic carbocycles. The van der Waals surface area contributed by atoms with Crippen molar-refractivity contribution < 1.29 is 4.42 Å². The zero-order chi connectivity index (χ0) is 15.1. The first-order valence-corrected chi connectivity index (χ1v) is 8.00. The molecular weight excluding hydrogens is 264 g/mol. The van der Waals surface area contributed by atoms with Gasteiger partial charge in [-0.15, -0.1) is 11.3 Å². The summed E-state index contributed by atoms with van der Waals surface area (Å²) in [6, 6.07) is 6.58. The number of hydrogen-bond acceptors (Lipinski definition) is 1. The fraction of sp³-hybridized carbons (Fsp3) is 0.500. The summed E-state index contributed by atoms with van der Waals surface area (Å²) in [7, 11) is 0. The van der Waals surface area contributed by atoms with Crippen LogP contribution in [0.4, 0.5) is 0 Å². The van der Waals surface area contributed by atoms with E-state index in [1.165, 1.54) is 16.0 Å². The van der Waals surface area contributed by atoms with Crippen LogP contribution in [0.1, 0.15) is 58.6 Å². The van der Waals surface area contributed by atoms with Gasteiger partial charge < -0.3 is 0 Å². The zero-order valence-corrected chi connectivity index (χ0v) is 14.4. The summed E-state index contributed by atoms with van der Waals surface area (Å²) in [6.45, 7) is 15.4. The fourth-order valence-electron chi connectivity index (χ4n) is 2.04. The minimum absolute atomic E-state index is 0.0151. The van der Waals surface area contributed by atoms with Gasteiger partial charge in [0.2, 0.25) is 0 Å². The Bertz CT molecular complexity index is 577. The molecule has 0 saturated heterocycles. The van der Waals surface area contributed by atoms with E-state index in [-0.39, 0.29) is 10.8 Å². The number of aryl methyl sites for hydroxylation is 1. The lowest BCUT2D eigenvalue weighted by Gasteiger charge is -2.15. The third-order valence-corrected chi connectivity index (χ3v) is 4.46. The molecule has 2 aromatic heterocycles. The van der Waals surface area contributed by atoms with Gasteiger partial charge in [0, 0.05) is 22.6 Å².